The first-order chi connectivity index (χ1) is 9.93. The van der Waals surface area contributed by atoms with Gasteiger partial charge >= 0.3 is 5.97 Å². The molecule has 0 saturated carbocycles. The van der Waals surface area contributed by atoms with Gasteiger partial charge in [0.15, 0.2) is 0 Å². The second kappa shape index (κ2) is 7.26. The number of furan rings is 1. The molecule has 0 bridgehead atoms. The predicted molar refractivity (Wildman–Crippen MR) is 78.7 cm³/mol. The lowest BCUT2D eigenvalue weighted by Crippen LogP contribution is -2.44. The van der Waals surface area contributed by atoms with E-state index in [2.05, 4.69) is 10.1 Å². The van der Waals surface area contributed by atoms with Crippen molar-refractivity contribution in [3.05, 3.63) is 23.2 Å². The van der Waals surface area contributed by atoms with Crippen molar-refractivity contribution in [2.75, 3.05) is 13.7 Å². The van der Waals surface area contributed by atoms with E-state index in [0.717, 1.165) is 0 Å². The zero-order valence-corrected chi connectivity index (χ0v) is 13.1. The van der Waals surface area contributed by atoms with Crippen molar-refractivity contribution in [1.82, 2.24) is 5.32 Å². The number of carbonyl (C=O) groups excluding carboxylic acids is 2. The second-order valence-corrected chi connectivity index (χ2v) is 5.05. The number of hydrogen-bond acceptors (Lipinski definition) is 5. The number of aryl methyl sites for hydroxylation is 1. The highest BCUT2D eigenvalue weighted by Crippen LogP contribution is 2.25. The van der Waals surface area contributed by atoms with Gasteiger partial charge in [-0.2, -0.15) is 0 Å². The van der Waals surface area contributed by atoms with Crippen LogP contribution in [0.2, 0.25) is 0 Å². The smallest absolute Gasteiger partial charge is 0.341 e. The van der Waals surface area contributed by atoms with Crippen molar-refractivity contribution in [1.29, 1.82) is 0 Å². The van der Waals surface area contributed by atoms with Crippen molar-refractivity contribution in [2.45, 2.75) is 40.2 Å². The van der Waals surface area contributed by atoms with Crippen LogP contribution in [0.25, 0.3) is 0 Å². The molecular formula is C15H24N2O4. The molecule has 0 saturated heterocycles. The van der Waals surface area contributed by atoms with Crippen LogP contribution >= 0.6 is 0 Å². The molecule has 1 aromatic heterocycles. The minimum atomic E-state index is -0.549. The molecule has 118 valence electrons. The molecular weight excluding hydrogens is 272 g/mol. The van der Waals surface area contributed by atoms with Crippen molar-refractivity contribution in [3.63, 3.8) is 0 Å². The molecule has 0 aliphatic rings. The van der Waals surface area contributed by atoms with E-state index in [9.17, 15) is 9.59 Å². The Morgan fingerprint density at radius 1 is 1.38 bits per heavy atom. The van der Waals surface area contributed by atoms with Crippen molar-refractivity contribution < 1.29 is 18.7 Å². The molecule has 0 radical (unpaired) electrons. The summed E-state index contributed by atoms with van der Waals surface area (Å²) in [5, 5.41) is 2.83. The van der Waals surface area contributed by atoms with Gasteiger partial charge < -0.3 is 20.2 Å². The molecule has 1 aromatic rings. The van der Waals surface area contributed by atoms with Crippen LogP contribution in [0.3, 0.4) is 0 Å². The normalized spacial score (nSPS) is 11.3. The first-order valence-corrected chi connectivity index (χ1v) is 7.10. The summed E-state index contributed by atoms with van der Waals surface area (Å²) in [5.41, 5.74) is 5.56. The number of rotatable bonds is 7. The Morgan fingerprint density at radius 3 is 2.48 bits per heavy atom. The zero-order valence-electron chi connectivity index (χ0n) is 13.1. The highest BCUT2D eigenvalue weighted by molar-refractivity contribution is 5.90. The molecule has 1 rings (SSSR count). The van der Waals surface area contributed by atoms with Crippen LogP contribution < -0.4 is 11.1 Å². The number of methoxy groups -OCH3 is 1. The molecule has 6 nitrogen and oxygen atoms in total. The first-order valence-electron chi connectivity index (χ1n) is 7.10. The minimum absolute atomic E-state index is 0.0938. The topological polar surface area (TPSA) is 94.6 Å². The summed E-state index contributed by atoms with van der Waals surface area (Å²) >= 11 is 0. The van der Waals surface area contributed by atoms with E-state index in [-0.39, 0.29) is 12.5 Å². The van der Waals surface area contributed by atoms with E-state index < -0.39 is 11.4 Å². The van der Waals surface area contributed by atoms with Crippen LogP contribution in [-0.4, -0.2) is 25.5 Å². The van der Waals surface area contributed by atoms with Gasteiger partial charge in [0, 0.05) is 6.54 Å². The molecule has 3 N–H and O–H groups in total. The average molecular weight is 296 g/mol. The van der Waals surface area contributed by atoms with Gasteiger partial charge in [0.2, 0.25) is 5.91 Å². The fourth-order valence-electron chi connectivity index (χ4n) is 2.25. The summed E-state index contributed by atoms with van der Waals surface area (Å²) < 4.78 is 10.1. The second-order valence-electron chi connectivity index (χ2n) is 5.05. The van der Waals surface area contributed by atoms with E-state index in [1.54, 1.807) is 13.0 Å². The van der Waals surface area contributed by atoms with Crippen LogP contribution in [0.1, 0.15) is 48.6 Å². The lowest BCUT2D eigenvalue weighted by Gasteiger charge is -2.28. The molecule has 0 unspecified atom stereocenters. The van der Waals surface area contributed by atoms with Crippen LogP contribution in [0.15, 0.2) is 10.5 Å². The SMILES string of the molecule is CCC(CC)(CN)C(=O)NCc1cc(C(=O)OC)c(C)o1. The summed E-state index contributed by atoms with van der Waals surface area (Å²) in [5.74, 6) is 0.442. The molecule has 1 amide bonds. The lowest BCUT2D eigenvalue weighted by atomic mass is 9.81. The maximum absolute atomic E-state index is 12.3. The number of esters is 1. The third-order valence-electron chi connectivity index (χ3n) is 4.02. The molecule has 0 aliphatic carbocycles. The Balaban J connectivity index is 2.76. The van der Waals surface area contributed by atoms with Gasteiger partial charge in [-0.1, -0.05) is 13.8 Å². The van der Waals surface area contributed by atoms with E-state index >= 15 is 0 Å². The predicted octanol–water partition coefficient (Wildman–Crippen LogP) is 1.76. The fourth-order valence-corrected chi connectivity index (χ4v) is 2.25. The molecule has 1 heterocycles. The standard InChI is InChI=1S/C15H24N2O4/c1-5-15(6-2,9-16)14(19)17-8-11-7-12(10(3)21-11)13(18)20-4/h7H,5-6,8-9,16H2,1-4H3,(H,17,19). The first kappa shape index (κ1) is 17.2. The number of carbonyl (C=O) groups is 2. The zero-order chi connectivity index (χ0) is 16.0. The molecule has 0 atom stereocenters. The van der Waals surface area contributed by atoms with Crippen LogP contribution in [-0.2, 0) is 16.1 Å². The van der Waals surface area contributed by atoms with Crippen molar-refractivity contribution >= 4 is 11.9 Å². The monoisotopic (exact) mass is 296 g/mol. The summed E-state index contributed by atoms with van der Waals surface area (Å²) in [6.07, 6.45) is 1.35. The third kappa shape index (κ3) is 3.64. The molecule has 0 fully saturated rings. The molecule has 0 aliphatic heterocycles. The van der Waals surface area contributed by atoms with Gasteiger partial charge in [-0.05, 0) is 25.8 Å². The van der Waals surface area contributed by atoms with Crippen molar-refractivity contribution in [2.24, 2.45) is 11.1 Å². The number of nitrogens with two attached hydrogens (primary N) is 1. The summed E-state index contributed by atoms with van der Waals surface area (Å²) in [6.45, 7) is 6.10. The maximum atomic E-state index is 12.3. The summed E-state index contributed by atoms with van der Waals surface area (Å²) in [6, 6.07) is 1.59. The van der Waals surface area contributed by atoms with Crippen LogP contribution in [0.5, 0.6) is 0 Å². The van der Waals surface area contributed by atoms with E-state index in [4.69, 9.17) is 10.2 Å². The maximum Gasteiger partial charge on any atom is 0.341 e. The van der Waals surface area contributed by atoms with Gasteiger partial charge in [0.1, 0.15) is 17.1 Å². The van der Waals surface area contributed by atoms with E-state index in [1.165, 1.54) is 7.11 Å². The third-order valence-corrected chi connectivity index (χ3v) is 4.02. The number of nitrogens with one attached hydrogen (secondary N) is 1. The molecule has 0 aromatic carbocycles. The highest BCUT2D eigenvalue weighted by Gasteiger charge is 2.33. The van der Waals surface area contributed by atoms with Gasteiger partial charge in [0.05, 0.1) is 19.1 Å². The number of hydrogen-bond donors (Lipinski definition) is 2. The highest BCUT2D eigenvalue weighted by atomic mass is 16.5. The van der Waals surface area contributed by atoms with Crippen LogP contribution in [0.4, 0.5) is 0 Å². The summed E-state index contributed by atoms with van der Waals surface area (Å²) in [4.78, 5) is 23.8. The largest absolute Gasteiger partial charge is 0.465 e. The van der Waals surface area contributed by atoms with Gasteiger partial charge in [-0.3, -0.25) is 4.79 Å². The van der Waals surface area contributed by atoms with Crippen LogP contribution in [0, 0.1) is 12.3 Å². The Labute approximate surface area is 125 Å². The average Bonchev–Trinajstić information content (AvgIpc) is 2.87. The quantitative estimate of drug-likeness (QED) is 0.748. The molecule has 21 heavy (non-hydrogen) atoms. The Morgan fingerprint density at radius 2 is 2.00 bits per heavy atom. The van der Waals surface area contributed by atoms with Crippen molar-refractivity contribution in [3.8, 4) is 0 Å². The van der Waals surface area contributed by atoms with E-state index in [0.29, 0.717) is 36.5 Å². The Hall–Kier alpha value is -1.82. The minimum Gasteiger partial charge on any atom is -0.465 e. The molecule has 0 spiro atoms. The van der Waals surface area contributed by atoms with E-state index in [1.807, 2.05) is 13.8 Å². The lowest BCUT2D eigenvalue weighted by molar-refractivity contribution is -0.131. The number of amides is 1. The molecule has 6 heteroatoms. The number of ether oxygens (including phenoxy) is 1. The Kier molecular flexibility index (Phi) is 5.96. The Bertz CT molecular complexity index is 496. The summed E-state index contributed by atoms with van der Waals surface area (Å²) in [7, 11) is 1.31. The van der Waals surface area contributed by atoms with Gasteiger partial charge in [-0.25, -0.2) is 4.79 Å². The van der Waals surface area contributed by atoms with Gasteiger partial charge in [-0.15, -0.1) is 0 Å². The van der Waals surface area contributed by atoms with Gasteiger partial charge in [0.25, 0.3) is 0 Å². The fraction of sp³-hybridized carbons (Fsp3) is 0.600.